The highest BCUT2D eigenvalue weighted by Crippen LogP contribution is 2.16. The number of para-hydroxylation sites is 1. The van der Waals surface area contributed by atoms with Crippen LogP contribution in [0, 0.1) is 13.8 Å². The summed E-state index contributed by atoms with van der Waals surface area (Å²) in [7, 11) is 0. The maximum absolute atomic E-state index is 12.0. The highest BCUT2D eigenvalue weighted by molar-refractivity contribution is 5.85. The van der Waals surface area contributed by atoms with E-state index in [1.807, 2.05) is 50.2 Å². The van der Waals surface area contributed by atoms with E-state index in [4.69, 9.17) is 4.74 Å². The predicted octanol–water partition coefficient (Wildman–Crippen LogP) is 3.79. The van der Waals surface area contributed by atoms with Crippen LogP contribution in [0.1, 0.15) is 35.6 Å². The molecule has 1 N–H and O–H groups in total. The summed E-state index contributed by atoms with van der Waals surface area (Å²) >= 11 is 0. The van der Waals surface area contributed by atoms with Gasteiger partial charge in [0.25, 0.3) is 0 Å². The molecule has 0 saturated carbocycles. The molecule has 4 nitrogen and oxygen atoms in total. The molecule has 0 saturated heterocycles. The summed E-state index contributed by atoms with van der Waals surface area (Å²) in [5.41, 5.74) is 6.75. The summed E-state index contributed by atoms with van der Waals surface area (Å²) in [6.07, 6.45) is 2.88. The van der Waals surface area contributed by atoms with Crippen molar-refractivity contribution in [3.63, 3.8) is 0 Å². The summed E-state index contributed by atoms with van der Waals surface area (Å²) in [6, 6.07) is 13.7. The second-order valence-electron chi connectivity index (χ2n) is 5.79. The van der Waals surface area contributed by atoms with Gasteiger partial charge in [-0.2, -0.15) is 5.10 Å². The van der Waals surface area contributed by atoms with Crippen molar-refractivity contribution in [2.75, 3.05) is 6.61 Å². The molecule has 2 rings (SSSR count). The van der Waals surface area contributed by atoms with E-state index in [1.54, 1.807) is 6.21 Å². The van der Waals surface area contributed by atoms with Gasteiger partial charge < -0.3 is 4.74 Å². The zero-order valence-corrected chi connectivity index (χ0v) is 14.5. The monoisotopic (exact) mass is 324 g/mol. The Morgan fingerprint density at radius 2 is 2.00 bits per heavy atom. The van der Waals surface area contributed by atoms with Crippen molar-refractivity contribution in [3.05, 3.63) is 64.7 Å². The molecule has 126 valence electrons. The first-order valence-electron chi connectivity index (χ1n) is 8.20. The Kier molecular flexibility index (Phi) is 6.55. The first-order valence-corrected chi connectivity index (χ1v) is 8.20. The van der Waals surface area contributed by atoms with Crippen LogP contribution >= 0.6 is 0 Å². The molecule has 0 aliphatic carbocycles. The molecule has 0 bridgehead atoms. The summed E-state index contributed by atoms with van der Waals surface area (Å²) in [6.45, 7) is 6.77. The van der Waals surface area contributed by atoms with Crippen molar-refractivity contribution in [2.24, 2.45) is 5.10 Å². The first-order chi connectivity index (χ1) is 11.6. The number of nitrogens with one attached hydrogen (secondary N) is 1. The van der Waals surface area contributed by atoms with Gasteiger partial charge in [0.1, 0.15) is 5.75 Å². The largest absolute Gasteiger partial charge is 0.493 e. The van der Waals surface area contributed by atoms with Gasteiger partial charge in [0.15, 0.2) is 0 Å². The fourth-order valence-electron chi connectivity index (χ4n) is 2.36. The van der Waals surface area contributed by atoms with Gasteiger partial charge in [0.2, 0.25) is 5.91 Å². The molecule has 2 aromatic rings. The van der Waals surface area contributed by atoms with Gasteiger partial charge in [-0.3, -0.25) is 4.79 Å². The normalized spacial score (nSPS) is 10.8. The van der Waals surface area contributed by atoms with Crippen LogP contribution in [0.5, 0.6) is 5.75 Å². The number of amides is 1. The Bertz CT molecular complexity index is 723. The van der Waals surface area contributed by atoms with Crippen LogP contribution in [-0.2, 0) is 11.2 Å². The molecule has 0 heterocycles. The summed E-state index contributed by atoms with van der Waals surface area (Å²) in [5.74, 6) is 0.636. The number of carbonyl (C=O) groups excluding carboxylic acids is 1. The van der Waals surface area contributed by atoms with Crippen LogP contribution < -0.4 is 10.2 Å². The van der Waals surface area contributed by atoms with E-state index in [1.165, 1.54) is 5.56 Å². The summed E-state index contributed by atoms with van der Waals surface area (Å²) < 4.78 is 5.66. The fourth-order valence-corrected chi connectivity index (χ4v) is 2.36. The predicted molar refractivity (Wildman–Crippen MR) is 97.6 cm³/mol. The maximum Gasteiger partial charge on any atom is 0.244 e. The lowest BCUT2D eigenvalue weighted by molar-refractivity contribution is -0.120. The second-order valence-corrected chi connectivity index (χ2v) is 5.79. The van der Waals surface area contributed by atoms with Crippen LogP contribution in [-0.4, -0.2) is 18.7 Å². The van der Waals surface area contributed by atoms with Crippen LogP contribution in [0.4, 0.5) is 0 Å². The lowest BCUT2D eigenvalue weighted by Crippen LogP contribution is -2.20. The molecule has 0 atom stereocenters. The van der Waals surface area contributed by atoms with Gasteiger partial charge in [-0.25, -0.2) is 5.43 Å². The molecular formula is C20H24N2O2. The molecule has 0 spiro atoms. The highest BCUT2D eigenvalue weighted by Gasteiger charge is 2.05. The average Bonchev–Trinajstić information content (AvgIpc) is 2.56. The second kappa shape index (κ2) is 8.87. The van der Waals surface area contributed by atoms with E-state index in [2.05, 4.69) is 23.5 Å². The molecule has 1 amide bonds. The molecule has 2 aromatic carbocycles. The minimum atomic E-state index is -0.134. The number of hydrogen-bond acceptors (Lipinski definition) is 3. The number of carbonyl (C=O) groups is 1. The van der Waals surface area contributed by atoms with Crippen LogP contribution in [0.3, 0.4) is 0 Å². The Balaban J connectivity index is 1.95. The fraction of sp³-hybridized carbons (Fsp3) is 0.300. The van der Waals surface area contributed by atoms with E-state index in [9.17, 15) is 4.79 Å². The number of ether oxygens (including phenoxy) is 1. The van der Waals surface area contributed by atoms with Crippen molar-refractivity contribution in [3.8, 4) is 5.75 Å². The molecule has 0 unspecified atom stereocenters. The zero-order chi connectivity index (χ0) is 17.4. The summed E-state index contributed by atoms with van der Waals surface area (Å²) in [4.78, 5) is 12.0. The lowest BCUT2D eigenvalue weighted by Gasteiger charge is -2.07. The quantitative estimate of drug-likeness (QED) is 0.622. The van der Waals surface area contributed by atoms with Crippen molar-refractivity contribution >= 4 is 12.1 Å². The number of hydrogen-bond donors (Lipinski definition) is 1. The highest BCUT2D eigenvalue weighted by atomic mass is 16.5. The number of rotatable bonds is 7. The SMILES string of the molecule is CCCOc1ccccc1/C=N\NC(=O)Cc1ccc(C)cc1C. The van der Waals surface area contributed by atoms with Crippen LogP contribution in [0.25, 0.3) is 0 Å². The smallest absolute Gasteiger partial charge is 0.244 e. The van der Waals surface area contributed by atoms with E-state index >= 15 is 0 Å². The third-order valence-electron chi connectivity index (χ3n) is 3.62. The van der Waals surface area contributed by atoms with Crippen molar-refractivity contribution in [1.82, 2.24) is 5.43 Å². The molecule has 0 aliphatic rings. The minimum absolute atomic E-state index is 0.134. The third kappa shape index (κ3) is 5.23. The standard InChI is InChI=1S/C20H24N2O2/c1-4-11-24-19-8-6-5-7-18(19)14-21-22-20(23)13-17-10-9-15(2)12-16(17)3/h5-10,12,14H,4,11,13H2,1-3H3,(H,22,23)/b21-14-. The van der Waals surface area contributed by atoms with E-state index in [-0.39, 0.29) is 5.91 Å². The summed E-state index contributed by atoms with van der Waals surface area (Å²) in [5, 5.41) is 4.05. The third-order valence-corrected chi connectivity index (χ3v) is 3.62. The van der Waals surface area contributed by atoms with Gasteiger partial charge in [0.05, 0.1) is 19.2 Å². The van der Waals surface area contributed by atoms with Gasteiger partial charge >= 0.3 is 0 Å². The minimum Gasteiger partial charge on any atom is -0.493 e. The van der Waals surface area contributed by atoms with E-state index < -0.39 is 0 Å². The van der Waals surface area contributed by atoms with Crippen molar-refractivity contribution < 1.29 is 9.53 Å². The number of nitrogens with zero attached hydrogens (tertiary/aromatic N) is 1. The Morgan fingerprint density at radius 1 is 1.21 bits per heavy atom. The molecule has 0 radical (unpaired) electrons. The van der Waals surface area contributed by atoms with E-state index in [0.717, 1.165) is 28.9 Å². The average molecular weight is 324 g/mol. The van der Waals surface area contributed by atoms with Gasteiger partial charge in [0, 0.05) is 5.56 Å². The first kappa shape index (κ1) is 17.7. The Hall–Kier alpha value is -2.62. The molecule has 0 aromatic heterocycles. The Morgan fingerprint density at radius 3 is 2.75 bits per heavy atom. The van der Waals surface area contributed by atoms with E-state index in [0.29, 0.717) is 13.0 Å². The molecule has 4 heteroatoms. The van der Waals surface area contributed by atoms with Gasteiger partial charge in [-0.1, -0.05) is 42.8 Å². The molecule has 0 fully saturated rings. The molecule has 0 aliphatic heterocycles. The lowest BCUT2D eigenvalue weighted by atomic mass is 10.0. The number of hydrazone groups is 1. The topological polar surface area (TPSA) is 50.7 Å². The number of benzene rings is 2. The maximum atomic E-state index is 12.0. The van der Waals surface area contributed by atoms with Crippen LogP contribution in [0.15, 0.2) is 47.6 Å². The van der Waals surface area contributed by atoms with Crippen LogP contribution in [0.2, 0.25) is 0 Å². The molecule has 24 heavy (non-hydrogen) atoms. The Labute approximate surface area is 143 Å². The van der Waals surface area contributed by atoms with Gasteiger partial charge in [-0.15, -0.1) is 0 Å². The zero-order valence-electron chi connectivity index (χ0n) is 14.5. The van der Waals surface area contributed by atoms with Crippen molar-refractivity contribution in [1.29, 1.82) is 0 Å². The van der Waals surface area contributed by atoms with Gasteiger partial charge in [-0.05, 0) is 43.5 Å². The molecular weight excluding hydrogens is 300 g/mol. The van der Waals surface area contributed by atoms with Crippen molar-refractivity contribution in [2.45, 2.75) is 33.6 Å². The number of aryl methyl sites for hydroxylation is 2.